The third kappa shape index (κ3) is 3.99. The number of hydrazone groups is 1. The van der Waals surface area contributed by atoms with Gasteiger partial charge in [-0.25, -0.2) is 10.2 Å². The van der Waals surface area contributed by atoms with E-state index in [0.29, 0.717) is 16.0 Å². The molecule has 2 aromatic carbocycles. The lowest BCUT2D eigenvalue weighted by molar-refractivity contribution is 0.702. The first-order valence-electron chi connectivity index (χ1n) is 9.31. The number of imidazole rings is 1. The molecule has 0 bridgehead atoms. The molecule has 0 amide bonds. The average Bonchev–Trinajstić information content (AvgIpc) is 3.12. The van der Waals surface area contributed by atoms with Gasteiger partial charge in [0.05, 0.1) is 12.8 Å². The molecule has 0 aliphatic rings. The van der Waals surface area contributed by atoms with Crippen LogP contribution in [0.4, 0.5) is 5.95 Å². The van der Waals surface area contributed by atoms with Crippen molar-refractivity contribution in [2.45, 2.75) is 6.54 Å². The first-order valence-corrected chi connectivity index (χ1v) is 10.1. The van der Waals surface area contributed by atoms with Crippen LogP contribution in [0.25, 0.3) is 11.2 Å². The minimum absolute atomic E-state index is 0.254. The lowest BCUT2D eigenvalue weighted by Crippen LogP contribution is -2.37. The number of anilines is 1. The van der Waals surface area contributed by atoms with Crippen molar-refractivity contribution in [3.8, 4) is 0 Å². The SMILES string of the molecule is Cn1c(=O)c2c(nc(N/N=C/c3ccc(Cl)cc3)n2Cc2ccccc2Cl)n(C)c1=O. The molecule has 1 N–H and O–H groups in total. The van der Waals surface area contributed by atoms with E-state index in [4.69, 9.17) is 23.2 Å². The molecule has 2 aromatic heterocycles. The number of aromatic nitrogens is 4. The molecule has 0 aliphatic heterocycles. The maximum atomic E-state index is 12.9. The normalized spacial score (nSPS) is 11.5. The van der Waals surface area contributed by atoms with E-state index in [-0.39, 0.29) is 17.7 Å². The van der Waals surface area contributed by atoms with Crippen molar-refractivity contribution in [2.24, 2.45) is 19.2 Å². The van der Waals surface area contributed by atoms with E-state index in [1.807, 2.05) is 30.3 Å². The van der Waals surface area contributed by atoms with Crippen molar-refractivity contribution in [3.05, 3.63) is 90.5 Å². The van der Waals surface area contributed by atoms with Gasteiger partial charge in [0.2, 0.25) is 5.95 Å². The smallest absolute Gasteiger partial charge is 0.298 e. The van der Waals surface area contributed by atoms with Crippen molar-refractivity contribution < 1.29 is 0 Å². The molecule has 0 saturated carbocycles. The van der Waals surface area contributed by atoms with Gasteiger partial charge >= 0.3 is 5.69 Å². The molecule has 8 nitrogen and oxygen atoms in total. The molecule has 0 fully saturated rings. The van der Waals surface area contributed by atoms with E-state index in [1.165, 1.54) is 11.6 Å². The number of nitrogens with zero attached hydrogens (tertiary/aromatic N) is 5. The second-order valence-electron chi connectivity index (χ2n) is 6.91. The van der Waals surface area contributed by atoms with Crippen LogP contribution in [0.1, 0.15) is 11.1 Å². The van der Waals surface area contributed by atoms with Crippen LogP contribution in [0, 0.1) is 0 Å². The summed E-state index contributed by atoms with van der Waals surface area (Å²) in [6, 6.07) is 14.5. The van der Waals surface area contributed by atoms with Crippen LogP contribution in [0.5, 0.6) is 0 Å². The number of hydrogen-bond donors (Lipinski definition) is 1. The highest BCUT2D eigenvalue weighted by Gasteiger charge is 2.19. The Balaban J connectivity index is 1.83. The van der Waals surface area contributed by atoms with Gasteiger partial charge in [0.25, 0.3) is 5.56 Å². The Labute approximate surface area is 187 Å². The number of aryl methyl sites for hydroxylation is 1. The Hall–Kier alpha value is -3.36. The van der Waals surface area contributed by atoms with E-state index >= 15 is 0 Å². The molecule has 31 heavy (non-hydrogen) atoms. The Morgan fingerprint density at radius 2 is 1.74 bits per heavy atom. The van der Waals surface area contributed by atoms with Gasteiger partial charge in [0, 0.05) is 24.1 Å². The number of fused-ring (bicyclic) bond motifs is 1. The zero-order valence-corrected chi connectivity index (χ0v) is 18.2. The largest absolute Gasteiger partial charge is 0.332 e. The number of benzene rings is 2. The fourth-order valence-electron chi connectivity index (χ4n) is 3.20. The summed E-state index contributed by atoms with van der Waals surface area (Å²) in [5.74, 6) is 0.304. The number of halogens is 2. The highest BCUT2D eigenvalue weighted by Crippen LogP contribution is 2.22. The maximum absolute atomic E-state index is 12.9. The highest BCUT2D eigenvalue weighted by atomic mass is 35.5. The van der Waals surface area contributed by atoms with Gasteiger partial charge in [-0.05, 0) is 29.3 Å². The topological polar surface area (TPSA) is 86.2 Å². The summed E-state index contributed by atoms with van der Waals surface area (Å²) in [6.45, 7) is 0.266. The molecule has 0 radical (unpaired) electrons. The molecular weight excluding hydrogens is 439 g/mol. The monoisotopic (exact) mass is 456 g/mol. The predicted molar refractivity (Wildman–Crippen MR) is 123 cm³/mol. The van der Waals surface area contributed by atoms with E-state index < -0.39 is 11.2 Å². The Morgan fingerprint density at radius 3 is 2.45 bits per heavy atom. The number of nitrogens with one attached hydrogen (secondary N) is 1. The van der Waals surface area contributed by atoms with Crippen LogP contribution < -0.4 is 16.7 Å². The zero-order chi connectivity index (χ0) is 22.1. The van der Waals surface area contributed by atoms with Gasteiger partial charge < -0.3 is 0 Å². The van der Waals surface area contributed by atoms with Gasteiger partial charge in [-0.15, -0.1) is 0 Å². The Morgan fingerprint density at radius 1 is 1.03 bits per heavy atom. The molecule has 10 heteroatoms. The summed E-state index contributed by atoms with van der Waals surface area (Å²) in [7, 11) is 3.00. The molecule has 4 aromatic rings. The van der Waals surface area contributed by atoms with Crippen LogP contribution >= 0.6 is 23.2 Å². The van der Waals surface area contributed by atoms with Crippen LogP contribution in [-0.4, -0.2) is 24.9 Å². The van der Waals surface area contributed by atoms with Crippen molar-refractivity contribution in [3.63, 3.8) is 0 Å². The number of hydrogen-bond acceptors (Lipinski definition) is 5. The fraction of sp³-hybridized carbons (Fsp3) is 0.143. The van der Waals surface area contributed by atoms with Crippen molar-refractivity contribution >= 4 is 46.5 Å². The van der Waals surface area contributed by atoms with E-state index in [1.54, 1.807) is 36.0 Å². The maximum Gasteiger partial charge on any atom is 0.332 e. The van der Waals surface area contributed by atoms with Crippen molar-refractivity contribution in [1.29, 1.82) is 0 Å². The zero-order valence-electron chi connectivity index (χ0n) is 16.7. The molecular formula is C21H18Cl2N6O2. The summed E-state index contributed by atoms with van der Waals surface area (Å²) < 4.78 is 4.04. The first-order chi connectivity index (χ1) is 14.9. The highest BCUT2D eigenvalue weighted by molar-refractivity contribution is 6.31. The average molecular weight is 457 g/mol. The third-order valence-corrected chi connectivity index (χ3v) is 5.50. The van der Waals surface area contributed by atoms with E-state index in [2.05, 4.69) is 15.5 Å². The third-order valence-electron chi connectivity index (χ3n) is 4.88. The second-order valence-corrected chi connectivity index (χ2v) is 7.76. The molecule has 0 atom stereocenters. The van der Waals surface area contributed by atoms with Crippen LogP contribution in [0.2, 0.25) is 10.0 Å². The summed E-state index contributed by atoms with van der Waals surface area (Å²) >= 11 is 12.2. The van der Waals surface area contributed by atoms with E-state index in [0.717, 1.165) is 15.7 Å². The first kappa shape index (κ1) is 20.9. The van der Waals surface area contributed by atoms with Gasteiger partial charge in [-0.2, -0.15) is 10.1 Å². The molecule has 0 spiro atoms. The minimum atomic E-state index is -0.462. The van der Waals surface area contributed by atoms with Crippen molar-refractivity contribution in [1.82, 2.24) is 18.7 Å². The van der Waals surface area contributed by atoms with Crippen molar-refractivity contribution in [2.75, 3.05) is 5.43 Å². The standard InChI is InChI=1S/C21H18Cl2N6O2/c1-27-18-17(19(30)28(2)21(27)31)29(12-14-5-3-4-6-16(14)23)20(25-18)26-24-11-13-7-9-15(22)10-8-13/h3-11H,12H2,1-2H3,(H,25,26)/b24-11+. The van der Waals surface area contributed by atoms with Crippen LogP contribution in [-0.2, 0) is 20.6 Å². The van der Waals surface area contributed by atoms with Gasteiger partial charge in [0.1, 0.15) is 0 Å². The van der Waals surface area contributed by atoms with E-state index in [9.17, 15) is 9.59 Å². The molecule has 4 rings (SSSR count). The van der Waals surface area contributed by atoms with Gasteiger partial charge in [-0.3, -0.25) is 18.5 Å². The summed E-state index contributed by atoms with van der Waals surface area (Å²) in [4.78, 5) is 29.7. The Kier molecular flexibility index (Phi) is 5.67. The molecule has 0 aliphatic carbocycles. The summed E-state index contributed by atoms with van der Waals surface area (Å²) in [6.07, 6.45) is 1.60. The Bertz CT molecular complexity index is 1420. The predicted octanol–water partition coefficient (Wildman–Crippen LogP) is 3.23. The van der Waals surface area contributed by atoms with Gasteiger partial charge in [0.15, 0.2) is 11.2 Å². The summed E-state index contributed by atoms with van der Waals surface area (Å²) in [5, 5.41) is 5.42. The van der Waals surface area contributed by atoms with Crippen LogP contribution in [0.3, 0.4) is 0 Å². The minimum Gasteiger partial charge on any atom is -0.298 e. The molecule has 158 valence electrons. The molecule has 0 unspecified atom stereocenters. The van der Waals surface area contributed by atoms with Crippen LogP contribution in [0.15, 0.2) is 63.2 Å². The summed E-state index contributed by atoms with van der Waals surface area (Å²) in [5.41, 5.74) is 4.12. The lowest BCUT2D eigenvalue weighted by atomic mass is 10.2. The number of rotatable bonds is 5. The lowest BCUT2D eigenvalue weighted by Gasteiger charge is -2.10. The molecule has 0 saturated heterocycles. The second kappa shape index (κ2) is 8.41. The van der Waals surface area contributed by atoms with Gasteiger partial charge in [-0.1, -0.05) is 53.5 Å². The fourth-order valence-corrected chi connectivity index (χ4v) is 3.52. The quantitative estimate of drug-likeness (QED) is 0.368. The molecule has 2 heterocycles.